The fourth-order valence-corrected chi connectivity index (χ4v) is 3.16. The van der Waals surface area contributed by atoms with Crippen LogP contribution in [0.15, 0.2) is 60.7 Å². The lowest BCUT2D eigenvalue weighted by molar-refractivity contribution is 1.51. The van der Waals surface area contributed by atoms with Crippen molar-refractivity contribution >= 4 is 32.3 Å². The predicted octanol–water partition coefficient (Wildman–Crippen LogP) is 5.76. The van der Waals surface area contributed by atoms with Crippen molar-refractivity contribution in [2.24, 2.45) is 0 Å². The molecule has 0 aromatic heterocycles. The fraction of sp³-hybridized carbons (Fsp3) is 0.100. The van der Waals surface area contributed by atoms with Crippen molar-refractivity contribution in [3.63, 3.8) is 0 Å². The molecule has 0 saturated heterocycles. The Labute approximate surface area is 118 Å². The van der Waals surface area contributed by atoms with Gasteiger partial charge in [-0.15, -0.1) is 0 Å². The van der Waals surface area contributed by atoms with Crippen molar-refractivity contribution in [2.75, 3.05) is 0 Å². The lowest BCUT2D eigenvalue weighted by atomic mass is 9.95. The van der Waals surface area contributed by atoms with Crippen LogP contribution in [0, 0.1) is 13.8 Å². The molecule has 20 heavy (non-hydrogen) atoms. The van der Waals surface area contributed by atoms with Crippen LogP contribution in [0.3, 0.4) is 0 Å². The second-order valence-corrected chi connectivity index (χ2v) is 5.66. The van der Waals surface area contributed by atoms with Gasteiger partial charge in [-0.1, -0.05) is 54.1 Å². The first-order chi connectivity index (χ1) is 9.72. The highest BCUT2D eigenvalue weighted by Gasteiger charge is 2.05. The lowest BCUT2D eigenvalue weighted by Gasteiger charge is -2.09. The standard InChI is InChI=1S/C20H16/c1-13-7-8-15-11-17-10-14(2)18-5-3-4-6-19(18)20(17)12-16(15)9-13/h3-12H,1-2H3. The smallest absolute Gasteiger partial charge is 0.00988 e. The van der Waals surface area contributed by atoms with Crippen LogP contribution in [0.5, 0.6) is 0 Å². The Morgan fingerprint density at radius 1 is 0.550 bits per heavy atom. The van der Waals surface area contributed by atoms with E-state index in [-0.39, 0.29) is 0 Å². The summed E-state index contributed by atoms with van der Waals surface area (Å²) < 4.78 is 0. The van der Waals surface area contributed by atoms with Crippen molar-refractivity contribution in [2.45, 2.75) is 13.8 Å². The first kappa shape index (κ1) is 11.5. The van der Waals surface area contributed by atoms with Crippen LogP contribution >= 0.6 is 0 Å². The van der Waals surface area contributed by atoms with Crippen molar-refractivity contribution < 1.29 is 0 Å². The third-order valence-corrected chi connectivity index (χ3v) is 4.18. The van der Waals surface area contributed by atoms with Gasteiger partial charge in [0.2, 0.25) is 0 Å². The summed E-state index contributed by atoms with van der Waals surface area (Å²) in [6.45, 7) is 4.35. The first-order valence-corrected chi connectivity index (χ1v) is 7.05. The van der Waals surface area contributed by atoms with Crippen molar-refractivity contribution in [1.29, 1.82) is 0 Å². The topological polar surface area (TPSA) is 0 Å². The summed E-state index contributed by atoms with van der Waals surface area (Å²) in [6, 6.07) is 22.3. The minimum atomic E-state index is 1.31. The van der Waals surface area contributed by atoms with E-state index in [9.17, 15) is 0 Å². The van der Waals surface area contributed by atoms with Crippen LogP contribution in [-0.4, -0.2) is 0 Å². The number of hydrogen-bond acceptors (Lipinski definition) is 0. The molecule has 0 atom stereocenters. The largest absolute Gasteiger partial charge is 0.0616 e. The number of hydrogen-bond donors (Lipinski definition) is 0. The Kier molecular flexibility index (Phi) is 2.34. The van der Waals surface area contributed by atoms with E-state index in [0.29, 0.717) is 0 Å². The molecular formula is C20H16. The van der Waals surface area contributed by atoms with Crippen LogP contribution < -0.4 is 0 Å². The maximum absolute atomic E-state index is 2.33. The molecule has 0 heteroatoms. The molecule has 0 aliphatic heterocycles. The van der Waals surface area contributed by atoms with Gasteiger partial charge >= 0.3 is 0 Å². The van der Waals surface area contributed by atoms with E-state index in [1.54, 1.807) is 0 Å². The number of fused-ring (bicyclic) bond motifs is 4. The summed E-state index contributed by atoms with van der Waals surface area (Å²) in [5.41, 5.74) is 2.66. The summed E-state index contributed by atoms with van der Waals surface area (Å²) in [6.07, 6.45) is 0. The van der Waals surface area contributed by atoms with E-state index in [1.807, 2.05) is 0 Å². The number of rotatable bonds is 0. The molecule has 0 bridgehead atoms. The van der Waals surface area contributed by atoms with Crippen molar-refractivity contribution in [3.8, 4) is 0 Å². The maximum atomic E-state index is 2.33. The average Bonchev–Trinajstić information content (AvgIpc) is 2.46. The van der Waals surface area contributed by atoms with Crippen LogP contribution in [0.25, 0.3) is 32.3 Å². The molecule has 4 aromatic rings. The van der Waals surface area contributed by atoms with Crippen LogP contribution in [0.2, 0.25) is 0 Å². The van der Waals surface area contributed by atoms with Crippen molar-refractivity contribution in [1.82, 2.24) is 0 Å². The normalized spacial score (nSPS) is 11.5. The Bertz CT molecular complexity index is 962. The Hall–Kier alpha value is -2.34. The number of aryl methyl sites for hydroxylation is 2. The van der Waals surface area contributed by atoms with Crippen LogP contribution in [-0.2, 0) is 0 Å². The molecule has 0 fully saturated rings. The molecule has 0 saturated carbocycles. The highest BCUT2D eigenvalue weighted by Crippen LogP contribution is 2.31. The lowest BCUT2D eigenvalue weighted by Crippen LogP contribution is -1.84. The molecule has 0 N–H and O–H groups in total. The summed E-state index contributed by atoms with van der Waals surface area (Å²) in [5.74, 6) is 0. The Morgan fingerprint density at radius 3 is 2.20 bits per heavy atom. The second kappa shape index (κ2) is 4.08. The monoisotopic (exact) mass is 256 g/mol. The molecule has 0 spiro atoms. The molecular weight excluding hydrogens is 240 g/mol. The molecule has 4 aromatic carbocycles. The van der Waals surface area contributed by atoms with E-state index < -0.39 is 0 Å². The minimum absolute atomic E-state index is 1.31. The SMILES string of the molecule is Cc1ccc2cc3cc(C)c4ccccc4c3cc2c1. The quantitative estimate of drug-likeness (QED) is 0.277. The second-order valence-electron chi connectivity index (χ2n) is 5.66. The zero-order valence-corrected chi connectivity index (χ0v) is 11.8. The predicted molar refractivity (Wildman–Crippen MR) is 88.4 cm³/mol. The summed E-state index contributed by atoms with van der Waals surface area (Å²) in [5, 5.41) is 8.03. The van der Waals surface area contributed by atoms with Gasteiger partial charge in [-0.2, -0.15) is 0 Å². The molecule has 0 nitrogen and oxygen atoms in total. The molecule has 0 amide bonds. The third kappa shape index (κ3) is 1.61. The molecule has 0 unspecified atom stereocenters. The van der Waals surface area contributed by atoms with E-state index in [0.717, 1.165) is 0 Å². The minimum Gasteiger partial charge on any atom is -0.0616 e. The summed E-state index contributed by atoms with van der Waals surface area (Å²) in [7, 11) is 0. The number of benzene rings is 4. The van der Waals surface area contributed by atoms with Crippen LogP contribution in [0.4, 0.5) is 0 Å². The molecule has 0 aliphatic rings. The molecule has 0 heterocycles. The molecule has 96 valence electrons. The molecule has 4 rings (SSSR count). The highest BCUT2D eigenvalue weighted by atomic mass is 14.1. The van der Waals surface area contributed by atoms with E-state index in [4.69, 9.17) is 0 Å². The van der Waals surface area contributed by atoms with Gasteiger partial charge in [0, 0.05) is 0 Å². The summed E-state index contributed by atoms with van der Waals surface area (Å²) >= 11 is 0. The van der Waals surface area contributed by atoms with Gasteiger partial charge in [0.25, 0.3) is 0 Å². The Morgan fingerprint density at radius 2 is 1.35 bits per heavy atom. The van der Waals surface area contributed by atoms with E-state index in [2.05, 4.69) is 74.5 Å². The first-order valence-electron chi connectivity index (χ1n) is 7.05. The van der Waals surface area contributed by atoms with Gasteiger partial charge in [-0.3, -0.25) is 0 Å². The zero-order chi connectivity index (χ0) is 13.7. The zero-order valence-electron chi connectivity index (χ0n) is 11.8. The van der Waals surface area contributed by atoms with Gasteiger partial charge < -0.3 is 0 Å². The van der Waals surface area contributed by atoms with Crippen molar-refractivity contribution in [3.05, 3.63) is 71.8 Å². The van der Waals surface area contributed by atoms with E-state index in [1.165, 1.54) is 43.4 Å². The maximum Gasteiger partial charge on any atom is -0.00988 e. The third-order valence-electron chi connectivity index (χ3n) is 4.18. The molecule has 0 radical (unpaired) electrons. The van der Waals surface area contributed by atoms with Gasteiger partial charge in [0.15, 0.2) is 0 Å². The van der Waals surface area contributed by atoms with E-state index >= 15 is 0 Å². The van der Waals surface area contributed by atoms with Gasteiger partial charge in [-0.05, 0) is 63.9 Å². The Balaban J connectivity index is 2.25. The van der Waals surface area contributed by atoms with Gasteiger partial charge in [0.05, 0.1) is 0 Å². The fourth-order valence-electron chi connectivity index (χ4n) is 3.16. The summed E-state index contributed by atoms with van der Waals surface area (Å²) in [4.78, 5) is 0. The molecule has 0 aliphatic carbocycles. The van der Waals surface area contributed by atoms with Gasteiger partial charge in [0.1, 0.15) is 0 Å². The average molecular weight is 256 g/mol. The van der Waals surface area contributed by atoms with Gasteiger partial charge in [-0.25, -0.2) is 0 Å². The highest BCUT2D eigenvalue weighted by molar-refractivity contribution is 6.13. The van der Waals surface area contributed by atoms with Crippen LogP contribution in [0.1, 0.15) is 11.1 Å².